The van der Waals surface area contributed by atoms with Crippen LogP contribution in [0.4, 0.5) is 0 Å². The number of phenols is 5. The van der Waals surface area contributed by atoms with Gasteiger partial charge in [-0.3, -0.25) is 4.79 Å². The average molecular weight is 494 g/mol. The normalized spacial score (nSPS) is 24.4. The quantitative estimate of drug-likeness (QED) is 0.203. The predicted octanol–water partition coefficient (Wildman–Crippen LogP) is -0.741. The number of carboxylic acids is 1. The molecule has 1 saturated heterocycles. The van der Waals surface area contributed by atoms with Crippen LogP contribution in [0.5, 0.6) is 34.5 Å². The van der Waals surface area contributed by atoms with E-state index in [9.17, 15) is 55.5 Å². The number of carbonyl (C=O) groups is 1. The maximum absolute atomic E-state index is 13.3. The molecule has 0 spiro atoms. The molecule has 14 nitrogen and oxygen atoms in total. The van der Waals surface area contributed by atoms with Crippen LogP contribution in [-0.4, -0.2) is 82.6 Å². The van der Waals surface area contributed by atoms with Crippen LogP contribution < -0.4 is 10.2 Å². The Morgan fingerprint density at radius 2 is 1.49 bits per heavy atom. The van der Waals surface area contributed by atoms with Crippen LogP contribution in [0, 0.1) is 0 Å². The van der Waals surface area contributed by atoms with Crippen molar-refractivity contribution in [1.82, 2.24) is 0 Å². The number of benzene rings is 2. The first-order chi connectivity index (χ1) is 16.4. The van der Waals surface area contributed by atoms with Crippen molar-refractivity contribution in [3.8, 4) is 45.8 Å². The predicted molar refractivity (Wildman–Crippen MR) is 111 cm³/mol. The van der Waals surface area contributed by atoms with E-state index in [1.807, 2.05) is 0 Å². The van der Waals surface area contributed by atoms with Crippen LogP contribution in [0.25, 0.3) is 22.3 Å². The number of aliphatic hydroxyl groups is 3. The Labute approximate surface area is 193 Å². The largest absolute Gasteiger partial charge is 0.508 e. The van der Waals surface area contributed by atoms with Crippen molar-refractivity contribution in [3.05, 3.63) is 34.5 Å². The van der Waals surface area contributed by atoms with Crippen molar-refractivity contribution >= 4 is 16.9 Å². The lowest BCUT2D eigenvalue weighted by Gasteiger charge is -2.38. The number of ether oxygens (including phenoxy) is 2. The van der Waals surface area contributed by atoms with Gasteiger partial charge in [-0.15, -0.1) is 0 Å². The molecule has 4 rings (SSSR count). The summed E-state index contributed by atoms with van der Waals surface area (Å²) in [7, 11) is 0. The standard InChI is InChI=1S/C21H18O14/c22-6-3-7(23)11-10(4-6)33-17(5-1-8(24)12(26)9(25)2-5)18(13(11)27)34-21-16(30)14(28)15(29)19(35-21)20(31)32/h1-4,14-16,19,21-26,28-30H,(H,31,32)/t14-,15-,16+,19-,21+/m0/s1. The third-order valence-electron chi connectivity index (χ3n) is 5.30. The second-order valence-corrected chi connectivity index (χ2v) is 7.64. The average Bonchev–Trinajstić information content (AvgIpc) is 2.77. The molecule has 5 atom stereocenters. The van der Waals surface area contributed by atoms with E-state index < -0.39 is 87.7 Å². The molecule has 0 unspecified atom stereocenters. The van der Waals surface area contributed by atoms with Gasteiger partial charge in [0.1, 0.15) is 40.8 Å². The SMILES string of the molecule is O=C(O)[C@H]1O[C@@H](Oc2c(-c3cc(O)c(O)c(O)c3)oc3cc(O)cc(O)c3c2=O)[C@H](O)[C@@H](O)[C@@H]1O. The van der Waals surface area contributed by atoms with Crippen LogP contribution >= 0.6 is 0 Å². The molecule has 1 aliphatic rings. The third-order valence-corrected chi connectivity index (χ3v) is 5.30. The molecular weight excluding hydrogens is 476 g/mol. The summed E-state index contributed by atoms with van der Waals surface area (Å²) in [6.07, 6.45) is -10.3. The lowest BCUT2D eigenvalue weighted by atomic mass is 9.99. The third kappa shape index (κ3) is 4.00. The summed E-state index contributed by atoms with van der Waals surface area (Å²) in [6.45, 7) is 0. The number of aliphatic carboxylic acids is 1. The number of phenolic OH excluding ortho intramolecular Hbond substituents is 5. The highest BCUT2D eigenvalue weighted by atomic mass is 16.7. The number of hydrogen-bond acceptors (Lipinski definition) is 13. The minimum Gasteiger partial charge on any atom is -0.508 e. The first-order valence-electron chi connectivity index (χ1n) is 9.78. The Bertz CT molecular complexity index is 1360. The first-order valence-corrected chi connectivity index (χ1v) is 9.78. The van der Waals surface area contributed by atoms with Crippen molar-refractivity contribution in [2.75, 3.05) is 0 Å². The smallest absolute Gasteiger partial charge is 0.335 e. The number of hydrogen-bond donors (Lipinski definition) is 9. The molecule has 0 saturated carbocycles. The van der Waals surface area contributed by atoms with E-state index >= 15 is 0 Å². The Kier molecular flexibility index (Phi) is 5.82. The zero-order valence-corrected chi connectivity index (χ0v) is 17.3. The van der Waals surface area contributed by atoms with E-state index in [1.165, 1.54) is 0 Å². The van der Waals surface area contributed by atoms with Gasteiger partial charge in [-0.1, -0.05) is 0 Å². The molecule has 1 aromatic heterocycles. The summed E-state index contributed by atoms with van der Waals surface area (Å²) < 4.78 is 15.9. The van der Waals surface area contributed by atoms with E-state index in [1.54, 1.807) is 0 Å². The topological polar surface area (TPSA) is 248 Å². The number of aliphatic hydroxyl groups excluding tert-OH is 3. The zero-order valence-electron chi connectivity index (χ0n) is 17.3. The van der Waals surface area contributed by atoms with Gasteiger partial charge in [0.15, 0.2) is 29.1 Å². The van der Waals surface area contributed by atoms with Crippen LogP contribution in [0.1, 0.15) is 0 Å². The summed E-state index contributed by atoms with van der Waals surface area (Å²) in [5.74, 6) is -6.98. The van der Waals surface area contributed by atoms with Crippen molar-refractivity contribution in [3.63, 3.8) is 0 Å². The lowest BCUT2D eigenvalue weighted by Crippen LogP contribution is -2.61. The summed E-state index contributed by atoms with van der Waals surface area (Å²) in [5, 5.41) is 88.2. The molecule has 0 bridgehead atoms. The molecule has 14 heteroatoms. The molecule has 1 aliphatic heterocycles. The van der Waals surface area contributed by atoms with Gasteiger partial charge in [0.2, 0.25) is 17.5 Å². The van der Waals surface area contributed by atoms with Crippen LogP contribution in [0.15, 0.2) is 33.5 Å². The summed E-state index contributed by atoms with van der Waals surface area (Å²) in [4.78, 5) is 24.6. The maximum Gasteiger partial charge on any atom is 0.335 e. The van der Waals surface area contributed by atoms with Gasteiger partial charge in [0.25, 0.3) is 0 Å². The molecule has 0 aliphatic carbocycles. The molecule has 35 heavy (non-hydrogen) atoms. The van der Waals surface area contributed by atoms with Gasteiger partial charge in [0, 0.05) is 17.7 Å². The summed E-state index contributed by atoms with van der Waals surface area (Å²) in [5.41, 5.74) is -1.80. The summed E-state index contributed by atoms with van der Waals surface area (Å²) in [6, 6.07) is 3.47. The Morgan fingerprint density at radius 3 is 2.09 bits per heavy atom. The second-order valence-electron chi connectivity index (χ2n) is 7.64. The van der Waals surface area contributed by atoms with E-state index in [2.05, 4.69) is 0 Å². The van der Waals surface area contributed by atoms with Gasteiger partial charge in [-0.25, -0.2) is 4.79 Å². The van der Waals surface area contributed by atoms with Crippen molar-refractivity contribution in [2.24, 2.45) is 0 Å². The molecule has 0 radical (unpaired) electrons. The Hall–Kier alpha value is -4.24. The number of carboxylic acid groups (broad SMARTS) is 1. The minimum absolute atomic E-state index is 0.282. The van der Waals surface area contributed by atoms with E-state index in [4.69, 9.17) is 13.9 Å². The molecule has 9 N–H and O–H groups in total. The zero-order chi connectivity index (χ0) is 25.8. The van der Waals surface area contributed by atoms with Gasteiger partial charge in [0.05, 0.1) is 0 Å². The molecule has 3 aromatic rings. The van der Waals surface area contributed by atoms with Gasteiger partial charge >= 0.3 is 5.97 Å². The lowest BCUT2D eigenvalue weighted by molar-refractivity contribution is -0.271. The first kappa shape index (κ1) is 23.9. The fourth-order valence-corrected chi connectivity index (χ4v) is 3.57. The number of fused-ring (bicyclic) bond motifs is 1. The number of aromatic hydroxyl groups is 5. The van der Waals surface area contributed by atoms with Crippen molar-refractivity contribution in [1.29, 1.82) is 0 Å². The maximum atomic E-state index is 13.3. The van der Waals surface area contributed by atoms with E-state index in [-0.39, 0.29) is 11.1 Å². The van der Waals surface area contributed by atoms with Gasteiger partial charge in [-0.05, 0) is 12.1 Å². The highest BCUT2D eigenvalue weighted by Gasteiger charge is 2.48. The monoisotopic (exact) mass is 494 g/mol. The summed E-state index contributed by atoms with van der Waals surface area (Å²) >= 11 is 0. The molecular formula is C21H18O14. The molecule has 0 amide bonds. The fourth-order valence-electron chi connectivity index (χ4n) is 3.57. The van der Waals surface area contributed by atoms with Gasteiger partial charge < -0.3 is 59.8 Å². The van der Waals surface area contributed by atoms with Crippen LogP contribution in [0.2, 0.25) is 0 Å². The molecule has 2 heterocycles. The minimum atomic E-state index is -2.07. The Morgan fingerprint density at radius 1 is 0.857 bits per heavy atom. The van der Waals surface area contributed by atoms with Crippen LogP contribution in [-0.2, 0) is 9.53 Å². The molecule has 2 aromatic carbocycles. The van der Waals surface area contributed by atoms with Crippen molar-refractivity contribution < 1.29 is 64.6 Å². The van der Waals surface area contributed by atoms with Crippen molar-refractivity contribution in [2.45, 2.75) is 30.7 Å². The van der Waals surface area contributed by atoms with E-state index in [0.29, 0.717) is 0 Å². The number of rotatable bonds is 4. The highest BCUT2D eigenvalue weighted by Crippen LogP contribution is 2.43. The molecule has 186 valence electrons. The van der Waals surface area contributed by atoms with Gasteiger partial charge in [-0.2, -0.15) is 0 Å². The fraction of sp³-hybridized carbons (Fsp3) is 0.238. The van der Waals surface area contributed by atoms with Crippen LogP contribution in [0.3, 0.4) is 0 Å². The Balaban J connectivity index is 1.94. The van der Waals surface area contributed by atoms with E-state index in [0.717, 1.165) is 24.3 Å². The highest BCUT2D eigenvalue weighted by molar-refractivity contribution is 5.88. The molecule has 1 fully saturated rings. The second kappa shape index (κ2) is 8.52.